The van der Waals surface area contributed by atoms with E-state index in [1.165, 1.54) is 0 Å². The molecule has 110 valence electrons. The Morgan fingerprint density at radius 1 is 1.45 bits per heavy atom. The van der Waals surface area contributed by atoms with Gasteiger partial charge in [-0.2, -0.15) is 0 Å². The highest BCUT2D eigenvalue weighted by Crippen LogP contribution is 2.25. The number of carbonyl (C=O) groups excluding carboxylic acids is 1. The molecule has 0 saturated heterocycles. The van der Waals surface area contributed by atoms with Gasteiger partial charge < -0.3 is 5.32 Å². The molecule has 1 rings (SSSR count). The minimum absolute atomic E-state index is 0.114. The van der Waals surface area contributed by atoms with E-state index in [1.807, 2.05) is 25.7 Å². The van der Waals surface area contributed by atoms with Gasteiger partial charge in [0.1, 0.15) is 0 Å². The monoisotopic (exact) mass is 314 g/mol. The quantitative estimate of drug-likeness (QED) is 0.797. The summed E-state index contributed by atoms with van der Waals surface area (Å²) in [6, 6.07) is 4.72. The molecule has 0 aromatic heterocycles. The van der Waals surface area contributed by atoms with Crippen LogP contribution in [0.15, 0.2) is 30.4 Å². The Hall–Kier alpha value is -1.03. The topological polar surface area (TPSA) is 32.3 Å². The van der Waals surface area contributed by atoms with Crippen LogP contribution in [0.1, 0.15) is 20.8 Å². The fourth-order valence-corrected chi connectivity index (χ4v) is 2.20. The molecule has 0 spiro atoms. The van der Waals surface area contributed by atoms with Gasteiger partial charge in [0.2, 0.25) is 5.91 Å². The van der Waals surface area contributed by atoms with Gasteiger partial charge in [0, 0.05) is 11.6 Å². The summed E-state index contributed by atoms with van der Waals surface area (Å²) < 4.78 is 0. The third-order valence-electron chi connectivity index (χ3n) is 2.99. The van der Waals surface area contributed by atoms with Crippen LogP contribution in [0.2, 0.25) is 10.0 Å². The van der Waals surface area contributed by atoms with Gasteiger partial charge in [-0.05, 0) is 38.6 Å². The van der Waals surface area contributed by atoms with Gasteiger partial charge in [-0.25, -0.2) is 0 Å². The molecule has 0 aliphatic heterocycles. The molecule has 0 bridgehead atoms. The van der Waals surface area contributed by atoms with Crippen molar-refractivity contribution in [2.45, 2.75) is 26.8 Å². The summed E-state index contributed by atoms with van der Waals surface area (Å²) in [5.41, 5.74) is 1.55. The number of anilines is 1. The number of hydrogen-bond acceptors (Lipinski definition) is 2. The first-order chi connectivity index (χ1) is 9.35. The SMILES string of the molecule is C=C(C)CN(CC)C(C)C(=O)Nc1cc(Cl)ccc1Cl. The number of benzene rings is 1. The van der Waals surface area contributed by atoms with E-state index in [4.69, 9.17) is 23.2 Å². The first-order valence-corrected chi connectivity index (χ1v) is 7.25. The number of amides is 1. The van der Waals surface area contributed by atoms with E-state index in [1.54, 1.807) is 18.2 Å². The standard InChI is InChI=1S/C15H20Cl2N2O/c1-5-19(9-10(2)3)11(4)15(20)18-14-8-12(16)6-7-13(14)17/h6-8,11H,2,5,9H2,1,3-4H3,(H,18,20). The van der Waals surface area contributed by atoms with Gasteiger partial charge in [0.05, 0.1) is 16.8 Å². The van der Waals surface area contributed by atoms with E-state index >= 15 is 0 Å². The molecule has 1 N–H and O–H groups in total. The maximum Gasteiger partial charge on any atom is 0.241 e. The Morgan fingerprint density at radius 3 is 2.65 bits per heavy atom. The normalized spacial score (nSPS) is 12.3. The summed E-state index contributed by atoms with van der Waals surface area (Å²) in [5.74, 6) is -0.114. The predicted octanol–water partition coefficient (Wildman–Crippen LogP) is 4.22. The van der Waals surface area contributed by atoms with Crippen LogP contribution in [0.25, 0.3) is 0 Å². The molecule has 1 aromatic carbocycles. The van der Waals surface area contributed by atoms with Gasteiger partial charge in [-0.1, -0.05) is 42.3 Å². The third-order valence-corrected chi connectivity index (χ3v) is 3.56. The molecule has 1 amide bonds. The first-order valence-electron chi connectivity index (χ1n) is 6.49. The molecule has 0 fully saturated rings. The van der Waals surface area contributed by atoms with Gasteiger partial charge >= 0.3 is 0 Å². The largest absolute Gasteiger partial charge is 0.323 e. The van der Waals surface area contributed by atoms with Crippen molar-refractivity contribution >= 4 is 34.8 Å². The molecule has 5 heteroatoms. The number of rotatable bonds is 6. The van der Waals surface area contributed by atoms with Gasteiger partial charge in [0.25, 0.3) is 0 Å². The zero-order valence-corrected chi connectivity index (χ0v) is 13.6. The van der Waals surface area contributed by atoms with Crippen molar-refractivity contribution in [2.24, 2.45) is 0 Å². The molecule has 1 atom stereocenters. The maximum absolute atomic E-state index is 12.3. The summed E-state index contributed by atoms with van der Waals surface area (Å²) >= 11 is 11.9. The van der Waals surface area contributed by atoms with Crippen molar-refractivity contribution in [3.63, 3.8) is 0 Å². The Kier molecular flexibility index (Phi) is 6.53. The lowest BCUT2D eigenvalue weighted by Crippen LogP contribution is -2.42. The summed E-state index contributed by atoms with van der Waals surface area (Å²) in [6.07, 6.45) is 0. The molecule has 1 unspecified atom stereocenters. The molecule has 0 aliphatic rings. The summed E-state index contributed by atoms with van der Waals surface area (Å²) in [6.45, 7) is 11.2. The Bertz CT molecular complexity index is 503. The van der Waals surface area contributed by atoms with Gasteiger partial charge in [-0.3, -0.25) is 9.69 Å². The van der Waals surface area contributed by atoms with Crippen molar-refractivity contribution < 1.29 is 4.79 Å². The minimum atomic E-state index is -0.272. The molecular weight excluding hydrogens is 295 g/mol. The predicted molar refractivity (Wildman–Crippen MR) is 86.6 cm³/mol. The molecule has 1 aromatic rings. The molecule has 0 radical (unpaired) electrons. The average Bonchev–Trinajstić information content (AvgIpc) is 2.39. The van der Waals surface area contributed by atoms with E-state index in [9.17, 15) is 4.79 Å². The number of nitrogens with one attached hydrogen (secondary N) is 1. The highest BCUT2D eigenvalue weighted by Gasteiger charge is 2.20. The van der Waals surface area contributed by atoms with Crippen LogP contribution in [0, 0.1) is 0 Å². The number of likely N-dealkylation sites (N-methyl/N-ethyl adjacent to an activating group) is 1. The number of carbonyl (C=O) groups is 1. The highest BCUT2D eigenvalue weighted by atomic mass is 35.5. The van der Waals surface area contributed by atoms with Gasteiger partial charge in [0.15, 0.2) is 0 Å². The van der Waals surface area contributed by atoms with E-state index in [2.05, 4.69) is 11.9 Å². The third kappa shape index (κ3) is 4.82. The van der Waals surface area contributed by atoms with Crippen LogP contribution in [0.3, 0.4) is 0 Å². The summed E-state index contributed by atoms with van der Waals surface area (Å²) in [7, 11) is 0. The first kappa shape index (κ1) is 17.0. The second kappa shape index (κ2) is 7.67. The van der Waals surface area contributed by atoms with Crippen LogP contribution in [0.4, 0.5) is 5.69 Å². The van der Waals surface area contributed by atoms with Crippen LogP contribution >= 0.6 is 23.2 Å². The number of hydrogen-bond donors (Lipinski definition) is 1. The van der Waals surface area contributed by atoms with E-state index in [-0.39, 0.29) is 11.9 Å². The number of halogens is 2. The van der Waals surface area contributed by atoms with Crippen molar-refractivity contribution in [1.82, 2.24) is 4.90 Å². The zero-order chi connectivity index (χ0) is 15.3. The van der Waals surface area contributed by atoms with E-state index < -0.39 is 0 Å². The van der Waals surface area contributed by atoms with Crippen LogP contribution in [-0.4, -0.2) is 29.9 Å². The fourth-order valence-electron chi connectivity index (χ4n) is 1.87. The molecule has 0 saturated carbocycles. The Balaban J connectivity index is 2.78. The van der Waals surface area contributed by atoms with Crippen LogP contribution < -0.4 is 5.32 Å². The highest BCUT2D eigenvalue weighted by molar-refractivity contribution is 6.35. The van der Waals surface area contributed by atoms with Crippen LogP contribution in [-0.2, 0) is 4.79 Å². The van der Waals surface area contributed by atoms with Crippen molar-refractivity contribution in [1.29, 1.82) is 0 Å². The van der Waals surface area contributed by atoms with Crippen molar-refractivity contribution in [3.8, 4) is 0 Å². The van der Waals surface area contributed by atoms with E-state index in [0.717, 1.165) is 12.1 Å². The van der Waals surface area contributed by atoms with Crippen molar-refractivity contribution in [3.05, 3.63) is 40.4 Å². The smallest absolute Gasteiger partial charge is 0.241 e. The summed E-state index contributed by atoms with van der Waals surface area (Å²) in [5, 5.41) is 3.82. The van der Waals surface area contributed by atoms with Gasteiger partial charge in [-0.15, -0.1) is 0 Å². The van der Waals surface area contributed by atoms with Crippen molar-refractivity contribution in [2.75, 3.05) is 18.4 Å². The maximum atomic E-state index is 12.3. The zero-order valence-electron chi connectivity index (χ0n) is 12.0. The molecule has 0 aliphatic carbocycles. The molecule has 3 nitrogen and oxygen atoms in total. The number of nitrogens with zero attached hydrogens (tertiary/aromatic N) is 1. The molecule has 0 heterocycles. The Morgan fingerprint density at radius 2 is 2.10 bits per heavy atom. The second-order valence-electron chi connectivity index (χ2n) is 4.81. The molecule has 20 heavy (non-hydrogen) atoms. The fraction of sp³-hybridized carbons (Fsp3) is 0.400. The second-order valence-corrected chi connectivity index (χ2v) is 5.65. The lowest BCUT2D eigenvalue weighted by atomic mass is 10.2. The van der Waals surface area contributed by atoms with Crippen LogP contribution in [0.5, 0.6) is 0 Å². The summed E-state index contributed by atoms with van der Waals surface area (Å²) in [4.78, 5) is 14.3. The minimum Gasteiger partial charge on any atom is -0.323 e. The average molecular weight is 315 g/mol. The van der Waals surface area contributed by atoms with E-state index in [0.29, 0.717) is 22.3 Å². The lowest BCUT2D eigenvalue weighted by Gasteiger charge is -2.27. The lowest BCUT2D eigenvalue weighted by molar-refractivity contribution is -0.120. The molecular formula is C15H20Cl2N2O. The Labute approximate surface area is 130 Å².